The predicted molar refractivity (Wildman–Crippen MR) is 71.3 cm³/mol. The van der Waals surface area contributed by atoms with Gasteiger partial charge in [0, 0.05) is 18.4 Å². The van der Waals surface area contributed by atoms with E-state index in [1.165, 1.54) is 11.4 Å². The summed E-state index contributed by atoms with van der Waals surface area (Å²) in [6, 6.07) is 20.7. The fraction of sp³-hybridized carbons (Fsp3) is 0.0769. The lowest BCUT2D eigenvalue weighted by Gasteiger charge is -2.18. The second-order valence-corrected chi connectivity index (χ2v) is 3.23. The summed E-state index contributed by atoms with van der Waals surface area (Å²) in [6.07, 6.45) is 0. The van der Waals surface area contributed by atoms with Gasteiger partial charge in [-0.15, -0.1) is 17.0 Å². The van der Waals surface area contributed by atoms with Crippen molar-refractivity contribution in [2.24, 2.45) is 0 Å². The topological polar surface area (TPSA) is 3.24 Å². The fourth-order valence-electron chi connectivity index (χ4n) is 1.45. The van der Waals surface area contributed by atoms with Crippen LogP contribution in [0.15, 0.2) is 60.7 Å². The van der Waals surface area contributed by atoms with Crippen LogP contribution < -0.4 is 4.90 Å². The van der Waals surface area contributed by atoms with Gasteiger partial charge in [0.05, 0.1) is 0 Å². The van der Waals surface area contributed by atoms with Crippen LogP contribution >= 0.6 is 17.0 Å². The zero-order valence-electron chi connectivity index (χ0n) is 8.63. The largest absolute Gasteiger partial charge is 0.345 e. The molecule has 2 aromatic rings. The van der Waals surface area contributed by atoms with Crippen LogP contribution in [0.25, 0.3) is 0 Å². The molecule has 0 N–H and O–H groups in total. The third-order valence-corrected chi connectivity index (χ3v) is 2.29. The van der Waals surface area contributed by atoms with Gasteiger partial charge in [-0.2, -0.15) is 0 Å². The predicted octanol–water partition coefficient (Wildman–Crippen LogP) is 4.03. The van der Waals surface area contributed by atoms with Gasteiger partial charge in [0.25, 0.3) is 0 Å². The Morgan fingerprint density at radius 1 is 0.667 bits per heavy atom. The van der Waals surface area contributed by atoms with E-state index in [-0.39, 0.29) is 17.0 Å². The van der Waals surface area contributed by atoms with Crippen LogP contribution in [0.1, 0.15) is 0 Å². The van der Waals surface area contributed by atoms with Crippen LogP contribution in [0.3, 0.4) is 0 Å². The Labute approximate surface area is 101 Å². The highest BCUT2D eigenvalue weighted by atomic mass is 79.9. The summed E-state index contributed by atoms with van der Waals surface area (Å²) in [5.74, 6) is 0. The zero-order chi connectivity index (χ0) is 9.80. The van der Waals surface area contributed by atoms with Crippen molar-refractivity contribution in [1.29, 1.82) is 0 Å². The number of nitrogens with zero attached hydrogens (tertiary/aromatic N) is 1. The van der Waals surface area contributed by atoms with Crippen LogP contribution in [0.2, 0.25) is 0 Å². The van der Waals surface area contributed by atoms with Crippen molar-refractivity contribution < 1.29 is 0 Å². The maximum absolute atomic E-state index is 2.17. The van der Waals surface area contributed by atoms with Crippen LogP contribution in [0.4, 0.5) is 11.4 Å². The molecule has 0 saturated carbocycles. The molecule has 0 fully saturated rings. The molecule has 0 amide bonds. The molecule has 78 valence electrons. The van der Waals surface area contributed by atoms with Gasteiger partial charge in [-0.25, -0.2) is 0 Å². The van der Waals surface area contributed by atoms with Crippen molar-refractivity contribution in [2.75, 3.05) is 11.9 Å². The zero-order valence-corrected chi connectivity index (χ0v) is 10.3. The lowest BCUT2D eigenvalue weighted by molar-refractivity contribution is 1.21. The number of rotatable bonds is 2. The molecule has 2 rings (SSSR count). The Balaban J connectivity index is 0.00000112. The van der Waals surface area contributed by atoms with Gasteiger partial charge in [0.15, 0.2) is 0 Å². The van der Waals surface area contributed by atoms with E-state index in [9.17, 15) is 0 Å². The molecule has 15 heavy (non-hydrogen) atoms. The first-order chi connectivity index (χ1) is 6.88. The molecule has 1 nitrogen and oxygen atoms in total. The van der Waals surface area contributed by atoms with E-state index >= 15 is 0 Å². The summed E-state index contributed by atoms with van der Waals surface area (Å²) in [4.78, 5) is 2.17. The van der Waals surface area contributed by atoms with Gasteiger partial charge in [-0.3, -0.25) is 0 Å². The Morgan fingerprint density at radius 2 is 1.00 bits per heavy atom. The van der Waals surface area contributed by atoms with Gasteiger partial charge in [-0.05, 0) is 24.3 Å². The van der Waals surface area contributed by atoms with Crippen LogP contribution in [0, 0.1) is 0 Å². The molecular formula is C13H14BrN. The van der Waals surface area contributed by atoms with Crippen LogP contribution in [0.5, 0.6) is 0 Å². The van der Waals surface area contributed by atoms with E-state index in [1.807, 2.05) is 12.1 Å². The highest BCUT2D eigenvalue weighted by Gasteiger charge is 2.00. The lowest BCUT2D eigenvalue weighted by atomic mass is 10.2. The summed E-state index contributed by atoms with van der Waals surface area (Å²) in [5, 5.41) is 0. The number of anilines is 2. The summed E-state index contributed by atoms with van der Waals surface area (Å²) < 4.78 is 0. The number of halogens is 1. The molecule has 2 aromatic carbocycles. The number of hydrogen-bond donors (Lipinski definition) is 0. The van der Waals surface area contributed by atoms with Crippen molar-refractivity contribution in [3.8, 4) is 0 Å². The SMILES string of the molecule is Br.CN(c1ccccc1)c1ccccc1. The van der Waals surface area contributed by atoms with Crippen molar-refractivity contribution in [2.45, 2.75) is 0 Å². The fourth-order valence-corrected chi connectivity index (χ4v) is 1.45. The summed E-state index contributed by atoms with van der Waals surface area (Å²) in [5.41, 5.74) is 2.41. The van der Waals surface area contributed by atoms with E-state index in [2.05, 4.69) is 60.5 Å². The minimum atomic E-state index is 0. The van der Waals surface area contributed by atoms with E-state index in [4.69, 9.17) is 0 Å². The molecule has 0 aliphatic carbocycles. The summed E-state index contributed by atoms with van der Waals surface area (Å²) >= 11 is 0. The molecule has 0 saturated heterocycles. The average molecular weight is 264 g/mol. The quantitative estimate of drug-likeness (QED) is 0.791. The maximum atomic E-state index is 2.17. The van der Waals surface area contributed by atoms with Crippen molar-refractivity contribution in [1.82, 2.24) is 0 Å². The van der Waals surface area contributed by atoms with Crippen molar-refractivity contribution >= 4 is 28.4 Å². The van der Waals surface area contributed by atoms with E-state index in [0.717, 1.165) is 0 Å². The average Bonchev–Trinajstić information content (AvgIpc) is 2.30. The molecule has 0 bridgehead atoms. The lowest BCUT2D eigenvalue weighted by Crippen LogP contribution is -2.08. The van der Waals surface area contributed by atoms with E-state index in [1.54, 1.807) is 0 Å². The Bertz CT molecular complexity index is 346. The third-order valence-electron chi connectivity index (χ3n) is 2.29. The molecule has 2 heteroatoms. The van der Waals surface area contributed by atoms with E-state index < -0.39 is 0 Å². The Morgan fingerprint density at radius 3 is 1.33 bits per heavy atom. The summed E-state index contributed by atoms with van der Waals surface area (Å²) in [7, 11) is 2.07. The first kappa shape index (κ1) is 11.8. The van der Waals surface area contributed by atoms with Crippen LogP contribution in [-0.2, 0) is 0 Å². The second-order valence-electron chi connectivity index (χ2n) is 3.23. The van der Waals surface area contributed by atoms with E-state index in [0.29, 0.717) is 0 Å². The van der Waals surface area contributed by atoms with Gasteiger partial charge in [0.2, 0.25) is 0 Å². The summed E-state index contributed by atoms with van der Waals surface area (Å²) in [6.45, 7) is 0. The number of hydrogen-bond acceptors (Lipinski definition) is 1. The molecule has 0 aliphatic rings. The molecule has 0 spiro atoms. The molecular weight excluding hydrogens is 250 g/mol. The molecule has 0 atom stereocenters. The van der Waals surface area contributed by atoms with Gasteiger partial charge in [-0.1, -0.05) is 36.4 Å². The smallest absolute Gasteiger partial charge is 0.0408 e. The van der Waals surface area contributed by atoms with Crippen molar-refractivity contribution in [3.05, 3.63) is 60.7 Å². The minimum absolute atomic E-state index is 0. The van der Waals surface area contributed by atoms with Crippen LogP contribution in [-0.4, -0.2) is 7.05 Å². The highest BCUT2D eigenvalue weighted by Crippen LogP contribution is 2.21. The Hall–Kier alpha value is -1.28. The Kier molecular flexibility index (Phi) is 4.37. The number of benzene rings is 2. The third kappa shape index (κ3) is 2.83. The van der Waals surface area contributed by atoms with Gasteiger partial charge >= 0.3 is 0 Å². The second kappa shape index (κ2) is 5.56. The number of para-hydroxylation sites is 2. The standard InChI is InChI=1S/C13H13N.BrH/c1-14(12-8-4-2-5-9-12)13-10-6-3-7-11-13;/h2-11H,1H3;1H. The normalized spacial score (nSPS) is 9.13. The van der Waals surface area contributed by atoms with Gasteiger partial charge < -0.3 is 4.90 Å². The first-order valence-electron chi connectivity index (χ1n) is 4.72. The maximum Gasteiger partial charge on any atom is 0.0408 e. The monoisotopic (exact) mass is 263 g/mol. The molecule has 0 aromatic heterocycles. The molecule has 0 radical (unpaired) electrons. The van der Waals surface area contributed by atoms with Gasteiger partial charge in [0.1, 0.15) is 0 Å². The molecule has 0 heterocycles. The molecule has 0 unspecified atom stereocenters. The molecule has 0 aliphatic heterocycles. The minimum Gasteiger partial charge on any atom is -0.345 e. The highest BCUT2D eigenvalue weighted by molar-refractivity contribution is 8.93. The first-order valence-corrected chi connectivity index (χ1v) is 4.72. The van der Waals surface area contributed by atoms with Crippen molar-refractivity contribution in [3.63, 3.8) is 0 Å².